The minimum atomic E-state index is -4.38. The number of alkyl halides is 3. The number of hydrogen-bond acceptors (Lipinski definition) is 3. The zero-order valence-electron chi connectivity index (χ0n) is 18.1. The van der Waals surface area contributed by atoms with Crippen LogP contribution >= 0.6 is 0 Å². The van der Waals surface area contributed by atoms with E-state index < -0.39 is 29.5 Å². The van der Waals surface area contributed by atoms with Crippen LogP contribution in [0, 0.1) is 0 Å². The van der Waals surface area contributed by atoms with E-state index in [4.69, 9.17) is 4.74 Å². The Hall–Kier alpha value is -3.29. The van der Waals surface area contributed by atoms with Crippen LogP contribution in [0.15, 0.2) is 60.7 Å². The number of nitrogens with one attached hydrogen (secondary N) is 1. The largest absolute Gasteiger partial charge is 0.444 e. The fraction of sp³-hybridized carbons (Fsp3) is 0.333. The average Bonchev–Trinajstić information content (AvgIpc) is 3.21. The molecule has 1 aliphatic rings. The van der Waals surface area contributed by atoms with Gasteiger partial charge in [-0.2, -0.15) is 13.2 Å². The average molecular weight is 446 g/mol. The van der Waals surface area contributed by atoms with Crippen LogP contribution in [0.5, 0.6) is 0 Å². The zero-order chi connectivity index (χ0) is 23.5. The first kappa shape index (κ1) is 23.4. The molecule has 0 fully saturated rings. The van der Waals surface area contributed by atoms with Crippen molar-refractivity contribution in [2.24, 2.45) is 0 Å². The van der Waals surface area contributed by atoms with Crippen molar-refractivity contribution < 1.29 is 27.5 Å². The van der Waals surface area contributed by atoms with Gasteiger partial charge in [0.1, 0.15) is 11.6 Å². The first-order valence-corrected chi connectivity index (χ1v) is 10.1. The Morgan fingerprint density at radius 2 is 1.75 bits per heavy atom. The van der Waals surface area contributed by atoms with E-state index in [1.54, 1.807) is 51.1 Å². The van der Waals surface area contributed by atoms with E-state index in [0.29, 0.717) is 5.56 Å². The van der Waals surface area contributed by atoms with Crippen molar-refractivity contribution in [3.63, 3.8) is 0 Å². The third-order valence-electron chi connectivity index (χ3n) is 4.79. The van der Waals surface area contributed by atoms with E-state index >= 15 is 0 Å². The Balaban J connectivity index is 1.64. The van der Waals surface area contributed by atoms with E-state index in [0.717, 1.165) is 23.3 Å². The molecule has 2 aromatic rings. The van der Waals surface area contributed by atoms with E-state index in [-0.39, 0.29) is 19.0 Å². The fourth-order valence-electron chi connectivity index (χ4n) is 3.26. The summed E-state index contributed by atoms with van der Waals surface area (Å²) in [6.07, 6.45) is -1.56. The molecule has 0 saturated carbocycles. The van der Waals surface area contributed by atoms with Gasteiger partial charge in [0.25, 0.3) is 0 Å². The molecule has 0 unspecified atom stereocenters. The topological polar surface area (TPSA) is 58.6 Å². The third kappa shape index (κ3) is 5.90. The summed E-state index contributed by atoms with van der Waals surface area (Å²) >= 11 is 0. The van der Waals surface area contributed by atoms with Gasteiger partial charge in [-0.1, -0.05) is 42.5 Å². The van der Waals surface area contributed by atoms with Crippen molar-refractivity contribution in [2.75, 3.05) is 6.54 Å². The highest BCUT2D eigenvalue weighted by atomic mass is 19.4. The maximum Gasteiger partial charge on any atom is 0.416 e. The lowest BCUT2D eigenvalue weighted by molar-refractivity contribution is -0.137. The highest BCUT2D eigenvalue weighted by molar-refractivity contribution is 5.88. The minimum Gasteiger partial charge on any atom is -0.444 e. The van der Waals surface area contributed by atoms with Gasteiger partial charge in [-0.05, 0) is 55.7 Å². The van der Waals surface area contributed by atoms with Gasteiger partial charge in [0.2, 0.25) is 5.91 Å². The number of rotatable bonds is 4. The number of benzene rings is 2. The number of halogens is 3. The normalized spacial score (nSPS) is 16.2. The summed E-state index contributed by atoms with van der Waals surface area (Å²) in [5.41, 5.74) is 0.785. The number of hydrogen-bond donors (Lipinski definition) is 1. The monoisotopic (exact) mass is 446 g/mol. The molecule has 0 saturated heterocycles. The van der Waals surface area contributed by atoms with Crippen LogP contribution in [-0.2, 0) is 22.3 Å². The Labute approximate surface area is 184 Å². The van der Waals surface area contributed by atoms with Gasteiger partial charge >= 0.3 is 12.3 Å². The van der Waals surface area contributed by atoms with Gasteiger partial charge in [-0.15, -0.1) is 0 Å². The van der Waals surface area contributed by atoms with Crippen LogP contribution in [0.25, 0.3) is 11.1 Å². The third-order valence-corrected chi connectivity index (χ3v) is 4.79. The van der Waals surface area contributed by atoms with Crippen molar-refractivity contribution in [2.45, 2.75) is 45.1 Å². The SMILES string of the molecule is CC(C)(C)OC(=O)N1CC=C[C@H]1C(=O)NCc1cccc(-c2ccc(C(F)(F)F)cc2)c1. The molecule has 8 heteroatoms. The van der Waals surface area contributed by atoms with Gasteiger partial charge < -0.3 is 10.1 Å². The second-order valence-corrected chi connectivity index (χ2v) is 8.50. The van der Waals surface area contributed by atoms with E-state index in [1.807, 2.05) is 6.07 Å². The number of ether oxygens (including phenoxy) is 1. The molecule has 32 heavy (non-hydrogen) atoms. The molecule has 0 aromatic heterocycles. The molecule has 1 heterocycles. The molecule has 2 amide bonds. The molecule has 0 radical (unpaired) electrons. The van der Waals surface area contributed by atoms with Crippen molar-refractivity contribution in [3.8, 4) is 11.1 Å². The second-order valence-electron chi connectivity index (χ2n) is 8.50. The smallest absolute Gasteiger partial charge is 0.416 e. The van der Waals surface area contributed by atoms with E-state index in [9.17, 15) is 22.8 Å². The summed E-state index contributed by atoms with van der Waals surface area (Å²) in [7, 11) is 0. The molecular weight excluding hydrogens is 421 g/mol. The lowest BCUT2D eigenvalue weighted by Gasteiger charge is -2.28. The summed E-state index contributed by atoms with van der Waals surface area (Å²) in [6.45, 7) is 5.77. The Bertz CT molecular complexity index is 1010. The molecule has 1 aliphatic heterocycles. The number of nitrogens with zero attached hydrogens (tertiary/aromatic N) is 1. The van der Waals surface area contributed by atoms with Crippen molar-refractivity contribution >= 4 is 12.0 Å². The molecular formula is C24H25F3N2O3. The molecule has 2 aromatic carbocycles. The molecule has 0 bridgehead atoms. The van der Waals surface area contributed by atoms with Crippen molar-refractivity contribution in [1.82, 2.24) is 10.2 Å². The lowest BCUT2D eigenvalue weighted by Crippen LogP contribution is -2.47. The van der Waals surface area contributed by atoms with Crippen LogP contribution in [0.3, 0.4) is 0 Å². The highest BCUT2D eigenvalue weighted by Gasteiger charge is 2.33. The maximum atomic E-state index is 12.8. The molecule has 0 aliphatic carbocycles. The van der Waals surface area contributed by atoms with Crippen molar-refractivity contribution in [3.05, 3.63) is 71.8 Å². The Morgan fingerprint density at radius 3 is 2.38 bits per heavy atom. The van der Waals surface area contributed by atoms with Gasteiger partial charge in [0, 0.05) is 13.1 Å². The summed E-state index contributed by atoms with van der Waals surface area (Å²) in [5, 5.41) is 2.81. The summed E-state index contributed by atoms with van der Waals surface area (Å²) in [6, 6.07) is 11.3. The molecule has 5 nitrogen and oxygen atoms in total. The van der Waals surface area contributed by atoms with Crippen LogP contribution in [-0.4, -0.2) is 35.1 Å². The van der Waals surface area contributed by atoms with E-state index in [1.165, 1.54) is 17.0 Å². The molecule has 170 valence electrons. The quantitative estimate of drug-likeness (QED) is 0.660. The standard InChI is InChI=1S/C24H25F3N2O3/c1-23(2,3)32-22(31)29-13-5-8-20(29)21(30)28-15-16-6-4-7-18(14-16)17-9-11-19(12-10-17)24(25,26)27/h4-12,14,20H,13,15H2,1-3H3,(H,28,30)/t20-/m0/s1. The van der Waals surface area contributed by atoms with Crippen LogP contribution in [0.2, 0.25) is 0 Å². The van der Waals surface area contributed by atoms with E-state index in [2.05, 4.69) is 5.32 Å². The number of carbonyl (C=O) groups is 2. The van der Waals surface area contributed by atoms with Gasteiger partial charge in [-0.3, -0.25) is 9.69 Å². The van der Waals surface area contributed by atoms with Gasteiger partial charge in [0.05, 0.1) is 5.56 Å². The first-order chi connectivity index (χ1) is 14.9. The minimum absolute atomic E-state index is 0.208. The van der Waals surface area contributed by atoms with Crippen LogP contribution in [0.4, 0.5) is 18.0 Å². The second kappa shape index (κ2) is 9.06. The molecule has 3 rings (SSSR count). The number of amides is 2. The first-order valence-electron chi connectivity index (χ1n) is 10.1. The highest BCUT2D eigenvalue weighted by Crippen LogP contribution is 2.31. The summed E-state index contributed by atoms with van der Waals surface area (Å²) in [4.78, 5) is 26.4. The van der Waals surface area contributed by atoms with Crippen LogP contribution < -0.4 is 5.32 Å². The lowest BCUT2D eigenvalue weighted by atomic mass is 10.0. The zero-order valence-corrected chi connectivity index (χ0v) is 18.1. The fourth-order valence-corrected chi connectivity index (χ4v) is 3.26. The Morgan fingerprint density at radius 1 is 1.06 bits per heavy atom. The maximum absolute atomic E-state index is 12.8. The van der Waals surface area contributed by atoms with Crippen molar-refractivity contribution in [1.29, 1.82) is 0 Å². The Kier molecular flexibility index (Phi) is 6.62. The molecule has 1 N–H and O–H groups in total. The number of carbonyl (C=O) groups excluding carboxylic acids is 2. The molecule has 1 atom stereocenters. The summed E-state index contributed by atoms with van der Waals surface area (Å²) < 4.78 is 43.7. The molecule has 0 spiro atoms. The predicted octanol–water partition coefficient (Wildman–Crippen LogP) is 5.16. The van der Waals surface area contributed by atoms with Gasteiger partial charge in [-0.25, -0.2) is 4.79 Å². The summed E-state index contributed by atoms with van der Waals surface area (Å²) in [5.74, 6) is -0.343. The predicted molar refractivity (Wildman–Crippen MR) is 115 cm³/mol. The van der Waals surface area contributed by atoms with Crippen LogP contribution in [0.1, 0.15) is 31.9 Å². The van der Waals surface area contributed by atoms with Gasteiger partial charge in [0.15, 0.2) is 0 Å².